The molecule has 0 bridgehead atoms. The van der Waals surface area contributed by atoms with Gasteiger partial charge in [0.05, 0.1) is 17.1 Å². The van der Waals surface area contributed by atoms with Crippen molar-refractivity contribution in [3.05, 3.63) is 39.4 Å². The van der Waals surface area contributed by atoms with Crippen LogP contribution in [0.5, 0.6) is 0 Å². The quantitative estimate of drug-likeness (QED) is 0.613. The predicted octanol–water partition coefficient (Wildman–Crippen LogP) is 2.15. The molecule has 1 amide bonds. The number of para-hydroxylation sites is 1. The van der Waals surface area contributed by atoms with Gasteiger partial charge in [-0.1, -0.05) is 12.1 Å². The van der Waals surface area contributed by atoms with Crippen LogP contribution in [0.4, 0.5) is 5.69 Å². The molecule has 0 N–H and O–H groups in total. The lowest BCUT2D eigenvalue weighted by Gasteiger charge is -2.35. The summed E-state index contributed by atoms with van der Waals surface area (Å²) >= 11 is 0. The summed E-state index contributed by atoms with van der Waals surface area (Å²) in [7, 11) is 0. The molecule has 20 heavy (non-hydrogen) atoms. The van der Waals surface area contributed by atoms with Crippen molar-refractivity contribution in [3.8, 4) is 0 Å². The molecule has 2 atom stereocenters. The molecule has 0 radical (unpaired) electrons. The van der Waals surface area contributed by atoms with Gasteiger partial charge in [0, 0.05) is 18.7 Å². The van der Waals surface area contributed by atoms with Gasteiger partial charge in [-0.3, -0.25) is 14.9 Å². The molecule has 2 rings (SSSR count). The summed E-state index contributed by atoms with van der Waals surface area (Å²) in [5, 5.41) is 11.2. The highest BCUT2D eigenvalue weighted by molar-refractivity contribution is 5.98. The van der Waals surface area contributed by atoms with Crippen LogP contribution in [0.1, 0.15) is 29.8 Å². The Labute approximate surface area is 117 Å². The highest BCUT2D eigenvalue weighted by atomic mass is 16.6. The fourth-order valence-corrected chi connectivity index (χ4v) is 2.59. The summed E-state index contributed by atoms with van der Waals surface area (Å²) in [6.07, 6.45) is -0.127. The van der Waals surface area contributed by atoms with E-state index in [0.717, 1.165) is 0 Å². The van der Waals surface area contributed by atoms with E-state index in [1.165, 1.54) is 6.07 Å². The van der Waals surface area contributed by atoms with E-state index in [2.05, 4.69) is 0 Å². The van der Waals surface area contributed by atoms with Gasteiger partial charge in [-0.05, 0) is 26.8 Å². The van der Waals surface area contributed by atoms with E-state index >= 15 is 0 Å². The minimum atomic E-state index is -0.490. The largest absolute Gasteiger partial charge is 0.372 e. The Bertz CT molecular complexity index is 534. The number of nitro benzene ring substituents is 1. The normalized spacial score (nSPS) is 22.6. The number of hydrogen-bond acceptors (Lipinski definition) is 4. The lowest BCUT2D eigenvalue weighted by molar-refractivity contribution is -0.385. The minimum absolute atomic E-state index is 0.0634. The molecule has 1 aromatic carbocycles. The standard InChI is InChI=1S/C14H18N2O4/c1-9-5-4-6-12(13(9)16(18)19)14(17)15-7-10(2)20-11(3)8-15/h4-6,10-11H,7-8H2,1-3H3. The van der Waals surface area contributed by atoms with Crippen molar-refractivity contribution in [2.45, 2.75) is 33.0 Å². The SMILES string of the molecule is Cc1cccc(C(=O)N2CC(C)OC(C)C2)c1[N+](=O)[O-]. The van der Waals surface area contributed by atoms with E-state index in [4.69, 9.17) is 4.74 Å². The molecule has 108 valence electrons. The Morgan fingerprint density at radius 3 is 2.50 bits per heavy atom. The molecule has 0 aromatic heterocycles. The summed E-state index contributed by atoms with van der Waals surface area (Å²) in [6.45, 7) is 6.32. The number of aryl methyl sites for hydroxylation is 1. The first-order valence-corrected chi connectivity index (χ1v) is 6.59. The van der Waals surface area contributed by atoms with Crippen LogP contribution in [-0.2, 0) is 4.74 Å². The zero-order valence-corrected chi connectivity index (χ0v) is 11.8. The summed E-state index contributed by atoms with van der Waals surface area (Å²) in [4.78, 5) is 24.8. The van der Waals surface area contributed by atoms with Crippen molar-refractivity contribution in [2.24, 2.45) is 0 Å². The molecule has 0 spiro atoms. The van der Waals surface area contributed by atoms with Crippen molar-refractivity contribution >= 4 is 11.6 Å². The maximum atomic E-state index is 12.5. The molecule has 1 aromatic rings. The van der Waals surface area contributed by atoms with E-state index in [1.54, 1.807) is 24.0 Å². The molecule has 1 heterocycles. The zero-order valence-electron chi connectivity index (χ0n) is 11.8. The summed E-state index contributed by atoms with van der Waals surface area (Å²) in [6, 6.07) is 4.82. The number of benzene rings is 1. The van der Waals surface area contributed by atoms with Crippen molar-refractivity contribution in [3.63, 3.8) is 0 Å². The fourth-order valence-electron chi connectivity index (χ4n) is 2.59. The monoisotopic (exact) mass is 278 g/mol. The minimum Gasteiger partial charge on any atom is -0.372 e. The average Bonchev–Trinajstić information content (AvgIpc) is 2.35. The predicted molar refractivity (Wildman–Crippen MR) is 73.7 cm³/mol. The van der Waals surface area contributed by atoms with Gasteiger partial charge >= 0.3 is 0 Å². The van der Waals surface area contributed by atoms with Gasteiger partial charge in [0.15, 0.2) is 0 Å². The Morgan fingerprint density at radius 1 is 1.35 bits per heavy atom. The third-order valence-corrected chi connectivity index (χ3v) is 3.36. The molecular weight excluding hydrogens is 260 g/mol. The Balaban J connectivity index is 2.34. The van der Waals surface area contributed by atoms with Crippen LogP contribution >= 0.6 is 0 Å². The van der Waals surface area contributed by atoms with E-state index < -0.39 is 4.92 Å². The maximum Gasteiger partial charge on any atom is 0.285 e. The topological polar surface area (TPSA) is 72.7 Å². The van der Waals surface area contributed by atoms with Gasteiger partial charge in [0.25, 0.3) is 11.6 Å². The van der Waals surface area contributed by atoms with Crippen LogP contribution in [0.15, 0.2) is 18.2 Å². The number of amides is 1. The first-order valence-electron chi connectivity index (χ1n) is 6.59. The van der Waals surface area contributed by atoms with Crippen molar-refractivity contribution in [2.75, 3.05) is 13.1 Å². The molecule has 1 aliphatic heterocycles. The number of carbonyl (C=O) groups excluding carboxylic acids is 1. The number of hydrogen-bond donors (Lipinski definition) is 0. The smallest absolute Gasteiger partial charge is 0.285 e. The van der Waals surface area contributed by atoms with E-state index in [-0.39, 0.29) is 29.4 Å². The first-order chi connectivity index (χ1) is 9.40. The molecule has 0 saturated carbocycles. The summed E-state index contributed by atoms with van der Waals surface area (Å²) in [5.74, 6) is -0.303. The van der Waals surface area contributed by atoms with Gasteiger partial charge < -0.3 is 9.64 Å². The first kappa shape index (κ1) is 14.5. The number of nitrogens with zero attached hydrogens (tertiary/aromatic N) is 2. The Kier molecular flexibility index (Phi) is 4.04. The van der Waals surface area contributed by atoms with E-state index in [1.807, 2.05) is 13.8 Å². The van der Waals surface area contributed by atoms with Crippen LogP contribution < -0.4 is 0 Å². The Hall–Kier alpha value is -1.95. The number of carbonyl (C=O) groups is 1. The van der Waals surface area contributed by atoms with Gasteiger partial charge in [-0.15, -0.1) is 0 Å². The molecular formula is C14H18N2O4. The average molecular weight is 278 g/mol. The van der Waals surface area contributed by atoms with Crippen molar-refractivity contribution < 1.29 is 14.5 Å². The second-order valence-corrected chi connectivity index (χ2v) is 5.20. The van der Waals surface area contributed by atoms with Crippen molar-refractivity contribution in [1.82, 2.24) is 4.90 Å². The number of ether oxygens (including phenoxy) is 1. The maximum absolute atomic E-state index is 12.5. The highest BCUT2D eigenvalue weighted by Crippen LogP contribution is 2.25. The molecule has 2 unspecified atom stereocenters. The number of rotatable bonds is 2. The van der Waals surface area contributed by atoms with Crippen LogP contribution in [0, 0.1) is 17.0 Å². The van der Waals surface area contributed by atoms with Crippen LogP contribution in [0.3, 0.4) is 0 Å². The molecule has 0 aliphatic carbocycles. The molecule has 1 saturated heterocycles. The fraction of sp³-hybridized carbons (Fsp3) is 0.500. The van der Waals surface area contributed by atoms with E-state index in [0.29, 0.717) is 18.7 Å². The van der Waals surface area contributed by atoms with Crippen LogP contribution in [-0.4, -0.2) is 41.0 Å². The van der Waals surface area contributed by atoms with Gasteiger partial charge in [-0.2, -0.15) is 0 Å². The molecule has 6 nitrogen and oxygen atoms in total. The number of morpholine rings is 1. The van der Waals surface area contributed by atoms with E-state index in [9.17, 15) is 14.9 Å². The molecule has 1 aliphatic rings. The third kappa shape index (κ3) is 2.80. The number of nitro groups is 1. The second kappa shape index (κ2) is 5.58. The van der Waals surface area contributed by atoms with Gasteiger partial charge in [-0.25, -0.2) is 0 Å². The van der Waals surface area contributed by atoms with Crippen molar-refractivity contribution in [1.29, 1.82) is 0 Å². The lowest BCUT2D eigenvalue weighted by atomic mass is 10.1. The van der Waals surface area contributed by atoms with Crippen LogP contribution in [0.25, 0.3) is 0 Å². The molecule has 1 fully saturated rings. The lowest BCUT2D eigenvalue weighted by Crippen LogP contribution is -2.48. The van der Waals surface area contributed by atoms with Crippen LogP contribution in [0.2, 0.25) is 0 Å². The summed E-state index contributed by atoms with van der Waals surface area (Å²) < 4.78 is 5.58. The molecule has 6 heteroatoms. The Morgan fingerprint density at radius 2 is 1.95 bits per heavy atom. The summed E-state index contributed by atoms with van der Waals surface area (Å²) in [5.41, 5.74) is 0.538. The third-order valence-electron chi connectivity index (χ3n) is 3.36. The zero-order chi connectivity index (χ0) is 14.9. The van der Waals surface area contributed by atoms with Gasteiger partial charge in [0.1, 0.15) is 5.56 Å². The van der Waals surface area contributed by atoms with Gasteiger partial charge in [0.2, 0.25) is 0 Å². The second-order valence-electron chi connectivity index (χ2n) is 5.20. The highest BCUT2D eigenvalue weighted by Gasteiger charge is 2.31.